The summed E-state index contributed by atoms with van der Waals surface area (Å²) in [5, 5.41) is 11.1. The fraction of sp³-hybridized carbons (Fsp3) is 0.458. The van der Waals surface area contributed by atoms with Crippen molar-refractivity contribution >= 4 is 5.91 Å². The number of rotatable bonds is 5. The Bertz CT molecular complexity index is 760. The van der Waals surface area contributed by atoms with Gasteiger partial charge in [-0.1, -0.05) is 74.5 Å². The summed E-state index contributed by atoms with van der Waals surface area (Å²) in [4.78, 5) is 15.8. The van der Waals surface area contributed by atoms with Gasteiger partial charge in [0.1, 0.15) is 0 Å². The Labute approximate surface area is 162 Å². The molecule has 2 aromatic carbocycles. The van der Waals surface area contributed by atoms with Gasteiger partial charge in [0.15, 0.2) is 0 Å². The van der Waals surface area contributed by atoms with Crippen LogP contribution in [0.5, 0.6) is 0 Å². The largest absolute Gasteiger partial charge is 0.391 e. The fourth-order valence-corrected chi connectivity index (χ4v) is 5.33. The lowest BCUT2D eigenvalue weighted by atomic mass is 9.69. The first-order chi connectivity index (χ1) is 12.9. The Balaban J connectivity index is 1.64. The fourth-order valence-electron chi connectivity index (χ4n) is 5.33. The molecule has 0 aliphatic heterocycles. The zero-order chi connectivity index (χ0) is 19.1. The molecule has 0 aromatic heterocycles. The van der Waals surface area contributed by atoms with Gasteiger partial charge in [-0.3, -0.25) is 4.79 Å². The summed E-state index contributed by atoms with van der Waals surface area (Å²) in [6.45, 7) is 5.40. The molecule has 2 aliphatic rings. The molecule has 3 heteroatoms. The molecule has 27 heavy (non-hydrogen) atoms. The highest BCUT2D eigenvalue weighted by Crippen LogP contribution is 2.63. The van der Waals surface area contributed by atoms with E-state index in [4.69, 9.17) is 0 Å². The molecule has 142 valence electrons. The average molecular weight is 364 g/mol. The molecule has 2 bridgehead atoms. The molecule has 2 aliphatic carbocycles. The molecule has 4 rings (SSSR count). The van der Waals surface area contributed by atoms with E-state index in [0.717, 1.165) is 30.4 Å². The van der Waals surface area contributed by atoms with Crippen molar-refractivity contribution in [1.82, 2.24) is 4.90 Å². The number of carbonyl (C=O) groups excluding carboxylic acids is 1. The Morgan fingerprint density at radius 2 is 1.52 bits per heavy atom. The van der Waals surface area contributed by atoms with Gasteiger partial charge in [-0.2, -0.15) is 0 Å². The molecule has 1 amide bonds. The van der Waals surface area contributed by atoms with Crippen LogP contribution in [0.3, 0.4) is 0 Å². The van der Waals surface area contributed by atoms with Gasteiger partial charge in [0.05, 0.1) is 11.5 Å². The quantitative estimate of drug-likeness (QED) is 0.855. The van der Waals surface area contributed by atoms with E-state index >= 15 is 0 Å². The maximum atomic E-state index is 13.8. The van der Waals surface area contributed by atoms with Crippen molar-refractivity contribution in [2.24, 2.45) is 16.7 Å². The van der Waals surface area contributed by atoms with Crippen molar-refractivity contribution in [3.63, 3.8) is 0 Å². The highest BCUT2D eigenvalue weighted by Gasteiger charge is 2.65. The second kappa shape index (κ2) is 6.79. The summed E-state index contributed by atoms with van der Waals surface area (Å²) in [6, 6.07) is 20.3. The molecule has 3 atom stereocenters. The topological polar surface area (TPSA) is 40.5 Å². The lowest BCUT2D eigenvalue weighted by Gasteiger charge is -2.42. The standard InChI is InChI=1S/C24H29NO2/c1-23(2)20-13-14-24(15-20,21(23)26)22(27)25(16-18-9-5-3-6-10-18)17-19-11-7-4-8-12-19/h3-12,20-21,26H,13-17H2,1-2H3. The first kappa shape index (κ1) is 18.2. The zero-order valence-corrected chi connectivity index (χ0v) is 16.3. The second-order valence-corrected chi connectivity index (χ2v) is 8.95. The summed E-state index contributed by atoms with van der Waals surface area (Å²) >= 11 is 0. The summed E-state index contributed by atoms with van der Waals surface area (Å²) < 4.78 is 0. The third kappa shape index (κ3) is 3.08. The van der Waals surface area contributed by atoms with Crippen molar-refractivity contribution in [3.05, 3.63) is 71.8 Å². The summed E-state index contributed by atoms with van der Waals surface area (Å²) in [5.74, 6) is 0.558. The van der Waals surface area contributed by atoms with Crippen LogP contribution in [0.2, 0.25) is 0 Å². The van der Waals surface area contributed by atoms with E-state index in [2.05, 4.69) is 38.1 Å². The smallest absolute Gasteiger partial charge is 0.232 e. The van der Waals surface area contributed by atoms with Crippen LogP contribution < -0.4 is 0 Å². The number of carbonyl (C=O) groups is 1. The van der Waals surface area contributed by atoms with Gasteiger partial charge < -0.3 is 10.0 Å². The van der Waals surface area contributed by atoms with Crippen LogP contribution in [-0.2, 0) is 17.9 Å². The maximum Gasteiger partial charge on any atom is 0.232 e. The predicted octanol–water partition coefficient (Wildman–Crippen LogP) is 4.40. The minimum Gasteiger partial charge on any atom is -0.391 e. The van der Waals surface area contributed by atoms with Gasteiger partial charge in [-0.25, -0.2) is 0 Å². The van der Waals surface area contributed by atoms with E-state index in [1.165, 1.54) is 0 Å². The molecule has 1 N–H and O–H groups in total. The van der Waals surface area contributed by atoms with E-state index in [1.807, 2.05) is 41.3 Å². The van der Waals surface area contributed by atoms with Crippen LogP contribution in [-0.4, -0.2) is 22.0 Å². The average Bonchev–Trinajstić information content (AvgIpc) is 3.21. The SMILES string of the molecule is CC1(C)C2CCC(C(=O)N(Cc3ccccc3)Cc3ccccc3)(C2)C1O. The molecular weight excluding hydrogens is 334 g/mol. The van der Waals surface area contributed by atoms with Crippen molar-refractivity contribution < 1.29 is 9.90 Å². The van der Waals surface area contributed by atoms with Crippen molar-refractivity contribution in [3.8, 4) is 0 Å². The Morgan fingerprint density at radius 3 is 1.96 bits per heavy atom. The molecule has 3 nitrogen and oxygen atoms in total. The first-order valence-electron chi connectivity index (χ1n) is 9.99. The lowest BCUT2D eigenvalue weighted by Crippen LogP contribution is -2.51. The van der Waals surface area contributed by atoms with Crippen LogP contribution in [0.1, 0.15) is 44.2 Å². The van der Waals surface area contributed by atoms with Crippen LogP contribution in [0.25, 0.3) is 0 Å². The van der Waals surface area contributed by atoms with Gasteiger partial charge >= 0.3 is 0 Å². The highest BCUT2D eigenvalue weighted by molar-refractivity contribution is 5.84. The molecule has 0 heterocycles. The Morgan fingerprint density at radius 1 is 1.00 bits per heavy atom. The van der Waals surface area contributed by atoms with Crippen LogP contribution in [0.15, 0.2) is 60.7 Å². The lowest BCUT2D eigenvalue weighted by molar-refractivity contribution is -0.153. The minimum atomic E-state index is -0.613. The van der Waals surface area contributed by atoms with Crippen molar-refractivity contribution in [1.29, 1.82) is 0 Å². The Hall–Kier alpha value is -2.13. The number of aliphatic hydroxyl groups excluding tert-OH is 1. The molecule has 2 saturated carbocycles. The molecule has 2 fully saturated rings. The summed E-state index contributed by atoms with van der Waals surface area (Å²) in [6.07, 6.45) is 2.10. The summed E-state index contributed by atoms with van der Waals surface area (Å²) in [7, 11) is 0. The van der Waals surface area contributed by atoms with Gasteiger partial charge in [-0.15, -0.1) is 0 Å². The van der Waals surface area contributed by atoms with E-state index in [9.17, 15) is 9.90 Å². The molecule has 3 unspecified atom stereocenters. The zero-order valence-electron chi connectivity index (χ0n) is 16.3. The van der Waals surface area contributed by atoms with Gasteiger partial charge in [0, 0.05) is 13.1 Å². The predicted molar refractivity (Wildman–Crippen MR) is 107 cm³/mol. The normalized spacial score (nSPS) is 28.3. The summed E-state index contributed by atoms with van der Waals surface area (Å²) in [5.41, 5.74) is 1.45. The first-order valence-corrected chi connectivity index (χ1v) is 9.99. The van der Waals surface area contributed by atoms with Gasteiger partial charge in [0.2, 0.25) is 5.91 Å². The third-order valence-corrected chi connectivity index (χ3v) is 6.98. The van der Waals surface area contributed by atoms with E-state index in [0.29, 0.717) is 19.0 Å². The van der Waals surface area contributed by atoms with E-state index < -0.39 is 11.5 Å². The highest BCUT2D eigenvalue weighted by atomic mass is 16.3. The van der Waals surface area contributed by atoms with Gasteiger partial charge in [-0.05, 0) is 41.7 Å². The number of fused-ring (bicyclic) bond motifs is 2. The molecule has 0 spiro atoms. The number of nitrogens with zero attached hydrogens (tertiary/aromatic N) is 1. The molecule has 2 aromatic rings. The molecule has 0 saturated heterocycles. The number of hydrogen-bond donors (Lipinski definition) is 1. The van der Waals surface area contributed by atoms with E-state index in [-0.39, 0.29) is 11.3 Å². The number of hydrogen-bond acceptors (Lipinski definition) is 2. The maximum absolute atomic E-state index is 13.8. The number of amides is 1. The third-order valence-electron chi connectivity index (χ3n) is 6.98. The molecule has 0 radical (unpaired) electrons. The number of aliphatic hydroxyl groups is 1. The van der Waals surface area contributed by atoms with E-state index in [1.54, 1.807) is 0 Å². The minimum absolute atomic E-state index is 0.121. The monoisotopic (exact) mass is 363 g/mol. The van der Waals surface area contributed by atoms with Crippen LogP contribution >= 0.6 is 0 Å². The number of benzene rings is 2. The Kier molecular flexibility index (Phi) is 4.59. The van der Waals surface area contributed by atoms with Crippen LogP contribution in [0, 0.1) is 16.7 Å². The van der Waals surface area contributed by atoms with Crippen molar-refractivity contribution in [2.75, 3.05) is 0 Å². The van der Waals surface area contributed by atoms with Gasteiger partial charge in [0.25, 0.3) is 0 Å². The second-order valence-electron chi connectivity index (χ2n) is 8.95. The van der Waals surface area contributed by atoms with Crippen LogP contribution in [0.4, 0.5) is 0 Å². The molecular formula is C24H29NO2. The van der Waals surface area contributed by atoms with Crippen molar-refractivity contribution in [2.45, 2.75) is 52.3 Å².